The van der Waals surface area contributed by atoms with Crippen LogP contribution in [0.1, 0.15) is 12.8 Å². The molecule has 0 aromatic carbocycles. The largest absolute Gasteiger partial charge is 0.379 e. The Morgan fingerprint density at radius 2 is 1.64 bits per heavy atom. The maximum absolute atomic E-state index is 5.99. The fourth-order valence-electron chi connectivity index (χ4n) is 4.27. The van der Waals surface area contributed by atoms with Gasteiger partial charge in [-0.1, -0.05) is 0 Å². The minimum Gasteiger partial charge on any atom is -0.379 e. The molecule has 0 radical (unpaired) electrons. The van der Waals surface area contributed by atoms with Crippen LogP contribution in [0.25, 0.3) is 0 Å². The molecule has 9 nitrogen and oxygen atoms in total. The van der Waals surface area contributed by atoms with Crippen molar-refractivity contribution in [2.45, 2.75) is 18.9 Å². The Morgan fingerprint density at radius 1 is 0.964 bits per heavy atom. The van der Waals surface area contributed by atoms with Crippen LogP contribution >= 0.6 is 0 Å². The third-order valence-corrected chi connectivity index (χ3v) is 5.92. The molecule has 3 aliphatic heterocycles. The highest BCUT2D eigenvalue weighted by Crippen LogP contribution is 2.24. The van der Waals surface area contributed by atoms with Gasteiger partial charge in [0.25, 0.3) is 0 Å². The first-order chi connectivity index (χ1) is 13.8. The lowest BCUT2D eigenvalue weighted by atomic mass is 10.0. The number of nitrogens with one attached hydrogen (secondary N) is 1. The maximum atomic E-state index is 5.99. The molecule has 0 unspecified atom stereocenters. The molecule has 9 heteroatoms. The van der Waals surface area contributed by atoms with Crippen LogP contribution in [0.2, 0.25) is 0 Å². The van der Waals surface area contributed by atoms with Crippen molar-refractivity contribution >= 4 is 17.6 Å². The Labute approximate surface area is 167 Å². The van der Waals surface area contributed by atoms with Gasteiger partial charge in [-0.05, 0) is 12.8 Å². The molecule has 1 aromatic heterocycles. The van der Waals surface area contributed by atoms with E-state index < -0.39 is 0 Å². The maximum Gasteiger partial charge on any atom is 0.223 e. The number of hydrogen-bond acceptors (Lipinski definition) is 9. The Bertz CT molecular complexity index is 612. The van der Waals surface area contributed by atoms with Gasteiger partial charge in [0.1, 0.15) is 11.6 Å². The molecule has 3 aliphatic rings. The van der Waals surface area contributed by atoms with Crippen molar-refractivity contribution in [3.8, 4) is 0 Å². The molecule has 0 atom stereocenters. The van der Waals surface area contributed by atoms with Gasteiger partial charge < -0.3 is 25.4 Å². The fourth-order valence-corrected chi connectivity index (χ4v) is 4.27. The molecule has 1 aromatic rings. The zero-order valence-electron chi connectivity index (χ0n) is 16.7. The number of nitrogen functional groups attached to an aromatic ring is 1. The number of piperidine rings is 1. The van der Waals surface area contributed by atoms with E-state index in [4.69, 9.17) is 15.2 Å². The van der Waals surface area contributed by atoms with Gasteiger partial charge in [0.2, 0.25) is 5.95 Å². The van der Waals surface area contributed by atoms with Crippen LogP contribution in [-0.4, -0.2) is 105 Å². The van der Waals surface area contributed by atoms with Crippen molar-refractivity contribution in [2.75, 3.05) is 94.7 Å². The first kappa shape index (κ1) is 19.6. The number of nitrogens with zero attached hydrogens (tertiary/aromatic N) is 5. The van der Waals surface area contributed by atoms with E-state index in [-0.39, 0.29) is 0 Å². The number of morpholine rings is 2. The second kappa shape index (κ2) is 9.69. The number of nitrogens with two attached hydrogens (primary N) is 1. The summed E-state index contributed by atoms with van der Waals surface area (Å²) in [6.45, 7) is 11.3. The molecule has 156 valence electrons. The van der Waals surface area contributed by atoms with Gasteiger partial charge in [0.15, 0.2) is 0 Å². The van der Waals surface area contributed by atoms with Crippen LogP contribution in [0.5, 0.6) is 0 Å². The number of rotatable bonds is 6. The normalized spacial score (nSPS) is 23.1. The van der Waals surface area contributed by atoms with E-state index in [1.165, 1.54) is 0 Å². The summed E-state index contributed by atoms with van der Waals surface area (Å²) in [4.78, 5) is 16.2. The second-order valence-corrected chi connectivity index (χ2v) is 7.72. The van der Waals surface area contributed by atoms with Gasteiger partial charge in [0, 0.05) is 64.5 Å². The molecule has 3 fully saturated rings. The molecule has 3 N–H and O–H groups in total. The van der Waals surface area contributed by atoms with Crippen LogP contribution in [0.15, 0.2) is 6.07 Å². The van der Waals surface area contributed by atoms with Gasteiger partial charge in [-0.3, -0.25) is 9.80 Å². The molecule has 0 bridgehead atoms. The average molecular weight is 392 g/mol. The van der Waals surface area contributed by atoms with E-state index in [0.29, 0.717) is 12.0 Å². The minimum atomic E-state index is 0.335. The summed E-state index contributed by atoms with van der Waals surface area (Å²) in [5.74, 6) is 2.08. The Morgan fingerprint density at radius 3 is 2.36 bits per heavy atom. The highest BCUT2D eigenvalue weighted by atomic mass is 16.5. The summed E-state index contributed by atoms with van der Waals surface area (Å²) in [7, 11) is 0. The first-order valence-electron chi connectivity index (χ1n) is 10.5. The van der Waals surface area contributed by atoms with Crippen LogP contribution in [-0.2, 0) is 9.47 Å². The molecule has 4 rings (SSSR count). The van der Waals surface area contributed by atoms with E-state index in [1.54, 1.807) is 0 Å². The Balaban J connectivity index is 1.28. The molecule has 0 spiro atoms. The van der Waals surface area contributed by atoms with Crippen LogP contribution in [0.4, 0.5) is 17.6 Å². The molecular formula is C19H33N7O2. The standard InChI is InChI=1S/C19H33N7O2/c20-19-22-17(21-3-6-24-7-11-27-12-8-24)15-18(23-19)26-4-1-16(2-5-26)25-9-13-28-14-10-25/h15-16H,1-14H2,(H3,20,21,22,23). The smallest absolute Gasteiger partial charge is 0.223 e. The van der Waals surface area contributed by atoms with Crippen molar-refractivity contribution in [1.29, 1.82) is 0 Å². The van der Waals surface area contributed by atoms with Gasteiger partial charge in [0.05, 0.1) is 26.4 Å². The fraction of sp³-hybridized carbons (Fsp3) is 0.789. The Hall–Kier alpha value is -1.68. The van der Waals surface area contributed by atoms with Crippen LogP contribution in [0, 0.1) is 0 Å². The summed E-state index contributed by atoms with van der Waals surface area (Å²) >= 11 is 0. The van der Waals surface area contributed by atoms with Gasteiger partial charge in [-0.15, -0.1) is 0 Å². The average Bonchev–Trinajstić information content (AvgIpc) is 2.75. The highest BCUT2D eigenvalue weighted by Gasteiger charge is 2.26. The van der Waals surface area contributed by atoms with Crippen molar-refractivity contribution in [3.05, 3.63) is 6.07 Å². The molecular weight excluding hydrogens is 358 g/mol. The molecule has 0 aliphatic carbocycles. The number of hydrogen-bond donors (Lipinski definition) is 2. The van der Waals surface area contributed by atoms with Crippen LogP contribution < -0.4 is 16.0 Å². The second-order valence-electron chi connectivity index (χ2n) is 7.72. The minimum absolute atomic E-state index is 0.335. The van der Waals surface area contributed by atoms with E-state index in [0.717, 1.165) is 103 Å². The highest BCUT2D eigenvalue weighted by molar-refractivity contribution is 5.52. The molecule has 28 heavy (non-hydrogen) atoms. The lowest BCUT2D eigenvalue weighted by Crippen LogP contribution is -2.49. The number of anilines is 3. The number of aromatic nitrogens is 2. The van der Waals surface area contributed by atoms with E-state index in [1.807, 2.05) is 6.07 Å². The third-order valence-electron chi connectivity index (χ3n) is 5.92. The summed E-state index contributed by atoms with van der Waals surface area (Å²) in [6, 6.07) is 2.69. The lowest BCUT2D eigenvalue weighted by molar-refractivity contribution is 0.0115. The summed E-state index contributed by atoms with van der Waals surface area (Å²) in [5.41, 5.74) is 5.99. The van der Waals surface area contributed by atoms with Crippen molar-refractivity contribution in [3.63, 3.8) is 0 Å². The van der Waals surface area contributed by atoms with Crippen molar-refractivity contribution in [2.24, 2.45) is 0 Å². The molecule has 0 saturated carbocycles. The van der Waals surface area contributed by atoms with E-state index in [9.17, 15) is 0 Å². The van der Waals surface area contributed by atoms with Gasteiger partial charge in [-0.25, -0.2) is 0 Å². The third kappa shape index (κ3) is 5.22. The summed E-state index contributed by atoms with van der Waals surface area (Å²) < 4.78 is 10.9. The van der Waals surface area contributed by atoms with Crippen molar-refractivity contribution < 1.29 is 9.47 Å². The summed E-state index contributed by atoms with van der Waals surface area (Å²) in [5, 5.41) is 3.41. The monoisotopic (exact) mass is 391 g/mol. The zero-order chi connectivity index (χ0) is 19.2. The van der Waals surface area contributed by atoms with E-state index >= 15 is 0 Å². The summed E-state index contributed by atoms with van der Waals surface area (Å²) in [6.07, 6.45) is 2.31. The van der Waals surface area contributed by atoms with Gasteiger partial charge in [-0.2, -0.15) is 9.97 Å². The van der Waals surface area contributed by atoms with E-state index in [2.05, 4.69) is 30.0 Å². The first-order valence-corrected chi connectivity index (χ1v) is 10.5. The van der Waals surface area contributed by atoms with Crippen molar-refractivity contribution in [1.82, 2.24) is 19.8 Å². The molecule has 0 amide bonds. The van der Waals surface area contributed by atoms with Gasteiger partial charge >= 0.3 is 0 Å². The molecule has 4 heterocycles. The predicted molar refractivity (Wildman–Crippen MR) is 110 cm³/mol. The number of ether oxygens (including phenoxy) is 2. The molecule has 3 saturated heterocycles. The quantitative estimate of drug-likeness (QED) is 0.701. The predicted octanol–water partition coefficient (Wildman–Crippen LogP) is 0.104. The SMILES string of the molecule is Nc1nc(NCCN2CCOCC2)cc(N2CCC(N3CCOCC3)CC2)n1. The topological polar surface area (TPSA) is 92.0 Å². The zero-order valence-corrected chi connectivity index (χ0v) is 16.7. The lowest BCUT2D eigenvalue weighted by Gasteiger charge is -2.40. The van der Waals surface area contributed by atoms with Crippen LogP contribution in [0.3, 0.4) is 0 Å². The Kier molecular flexibility index (Phi) is 6.79.